The van der Waals surface area contributed by atoms with Crippen LogP contribution in [0.2, 0.25) is 0 Å². The zero-order valence-electron chi connectivity index (χ0n) is 14.6. The van der Waals surface area contributed by atoms with Crippen molar-refractivity contribution in [1.82, 2.24) is 5.32 Å². The highest BCUT2D eigenvalue weighted by atomic mass is 32.1. The molecule has 2 nitrogen and oxygen atoms in total. The van der Waals surface area contributed by atoms with Gasteiger partial charge in [0, 0.05) is 5.69 Å². The second-order valence-corrected chi connectivity index (χ2v) is 7.19. The molecule has 0 atom stereocenters. The van der Waals surface area contributed by atoms with Crippen LogP contribution in [0.25, 0.3) is 0 Å². The summed E-state index contributed by atoms with van der Waals surface area (Å²) in [7, 11) is 0. The number of hydrogen-bond acceptors (Lipinski definition) is 1. The summed E-state index contributed by atoms with van der Waals surface area (Å²) in [4.78, 5) is 0. The Hall–Kier alpha value is -1.87. The number of nitrogens with one attached hydrogen (secondary N) is 2. The molecule has 2 aromatic rings. The molecule has 126 valence electrons. The molecule has 1 saturated carbocycles. The highest BCUT2D eigenvalue weighted by Crippen LogP contribution is 2.38. The van der Waals surface area contributed by atoms with Crippen molar-refractivity contribution in [3.8, 4) is 0 Å². The summed E-state index contributed by atoms with van der Waals surface area (Å²) < 4.78 is 0. The summed E-state index contributed by atoms with van der Waals surface area (Å²) >= 11 is 5.61. The van der Waals surface area contributed by atoms with Gasteiger partial charge in [0.25, 0.3) is 0 Å². The maximum Gasteiger partial charge on any atom is 0.171 e. The number of rotatable bonds is 4. The van der Waals surface area contributed by atoms with Crippen LogP contribution in [0.15, 0.2) is 48.5 Å². The van der Waals surface area contributed by atoms with Gasteiger partial charge in [-0.05, 0) is 61.7 Å². The SMILES string of the molecule is CCc1ccc(NC(=S)NC2(c3ccc(C)cc3)CCCC2)cc1. The summed E-state index contributed by atoms with van der Waals surface area (Å²) in [5.41, 5.74) is 4.99. The molecule has 0 aromatic heterocycles. The lowest BCUT2D eigenvalue weighted by molar-refractivity contribution is 0.408. The molecule has 2 aromatic carbocycles. The summed E-state index contributed by atoms with van der Waals surface area (Å²) in [5, 5.41) is 7.68. The molecule has 0 amide bonds. The van der Waals surface area contributed by atoms with Crippen LogP contribution in [0.3, 0.4) is 0 Å². The van der Waals surface area contributed by atoms with Gasteiger partial charge in [-0.2, -0.15) is 0 Å². The van der Waals surface area contributed by atoms with Crippen molar-refractivity contribution in [3.63, 3.8) is 0 Å². The third-order valence-corrected chi connectivity index (χ3v) is 5.24. The van der Waals surface area contributed by atoms with Crippen molar-refractivity contribution in [2.45, 2.75) is 51.5 Å². The lowest BCUT2D eigenvalue weighted by Gasteiger charge is -2.32. The van der Waals surface area contributed by atoms with Crippen LogP contribution in [0.4, 0.5) is 5.69 Å². The Bertz CT molecular complexity index is 683. The number of hydrogen-bond donors (Lipinski definition) is 2. The Labute approximate surface area is 150 Å². The zero-order valence-corrected chi connectivity index (χ0v) is 15.4. The van der Waals surface area contributed by atoms with E-state index >= 15 is 0 Å². The third kappa shape index (κ3) is 3.78. The molecule has 0 aliphatic heterocycles. The van der Waals surface area contributed by atoms with Crippen molar-refractivity contribution >= 4 is 23.0 Å². The monoisotopic (exact) mass is 338 g/mol. The van der Waals surface area contributed by atoms with Crippen LogP contribution in [0, 0.1) is 6.92 Å². The van der Waals surface area contributed by atoms with Gasteiger partial charge in [-0.1, -0.05) is 61.7 Å². The van der Waals surface area contributed by atoms with E-state index in [1.54, 1.807) is 0 Å². The normalized spacial score (nSPS) is 15.9. The second kappa shape index (κ2) is 7.35. The van der Waals surface area contributed by atoms with Crippen molar-refractivity contribution in [2.24, 2.45) is 0 Å². The van der Waals surface area contributed by atoms with Crippen molar-refractivity contribution in [2.75, 3.05) is 5.32 Å². The lowest BCUT2D eigenvalue weighted by atomic mass is 9.88. The van der Waals surface area contributed by atoms with E-state index in [0.29, 0.717) is 5.11 Å². The van der Waals surface area contributed by atoms with E-state index in [4.69, 9.17) is 12.2 Å². The quantitative estimate of drug-likeness (QED) is 0.738. The zero-order chi connectivity index (χ0) is 17.0. The molecule has 1 aliphatic rings. The van der Waals surface area contributed by atoms with Crippen LogP contribution in [0.1, 0.15) is 49.3 Å². The predicted molar refractivity (Wildman–Crippen MR) is 107 cm³/mol. The fourth-order valence-electron chi connectivity index (χ4n) is 3.54. The minimum Gasteiger partial charge on any atom is -0.353 e. The molecule has 2 N–H and O–H groups in total. The van der Waals surface area contributed by atoms with Crippen LogP contribution in [-0.2, 0) is 12.0 Å². The number of benzene rings is 2. The fourth-order valence-corrected chi connectivity index (χ4v) is 3.85. The molecule has 0 spiro atoms. The average molecular weight is 339 g/mol. The summed E-state index contributed by atoms with van der Waals surface area (Å²) in [6.45, 7) is 4.30. The highest BCUT2D eigenvalue weighted by molar-refractivity contribution is 7.80. The van der Waals surface area contributed by atoms with Crippen molar-refractivity contribution in [1.29, 1.82) is 0 Å². The largest absolute Gasteiger partial charge is 0.353 e. The summed E-state index contributed by atoms with van der Waals surface area (Å²) in [6.07, 6.45) is 5.81. The molecule has 3 rings (SSSR count). The first-order valence-corrected chi connectivity index (χ1v) is 9.27. The lowest BCUT2D eigenvalue weighted by Crippen LogP contribution is -2.45. The van der Waals surface area contributed by atoms with Crippen LogP contribution < -0.4 is 10.6 Å². The molecular formula is C21H26N2S. The van der Waals surface area contributed by atoms with E-state index in [-0.39, 0.29) is 5.54 Å². The van der Waals surface area contributed by atoms with Gasteiger partial charge >= 0.3 is 0 Å². The molecule has 0 saturated heterocycles. The third-order valence-electron chi connectivity index (χ3n) is 5.03. The molecule has 1 fully saturated rings. The molecule has 24 heavy (non-hydrogen) atoms. The summed E-state index contributed by atoms with van der Waals surface area (Å²) in [6, 6.07) is 17.4. The van der Waals surface area contributed by atoms with Crippen molar-refractivity contribution in [3.05, 3.63) is 65.2 Å². The van der Waals surface area contributed by atoms with E-state index in [1.807, 2.05) is 0 Å². The maximum absolute atomic E-state index is 5.61. The molecule has 0 bridgehead atoms. The topological polar surface area (TPSA) is 24.1 Å². The van der Waals surface area contributed by atoms with Gasteiger partial charge in [0.05, 0.1) is 5.54 Å². The molecule has 0 unspecified atom stereocenters. The van der Waals surface area contributed by atoms with Crippen molar-refractivity contribution < 1.29 is 0 Å². The molecular weight excluding hydrogens is 312 g/mol. The molecule has 0 radical (unpaired) electrons. The predicted octanol–water partition coefficient (Wildman–Crippen LogP) is 5.31. The first-order chi connectivity index (χ1) is 11.6. The number of aryl methyl sites for hydroxylation is 2. The minimum atomic E-state index is -0.0266. The van der Waals surface area contributed by atoms with Crippen LogP contribution in [0.5, 0.6) is 0 Å². The average Bonchev–Trinajstić information content (AvgIpc) is 3.05. The molecule has 0 heterocycles. The number of thiocarbonyl (C=S) groups is 1. The van der Waals surface area contributed by atoms with Gasteiger partial charge in [0.15, 0.2) is 5.11 Å². The first-order valence-electron chi connectivity index (χ1n) is 8.86. The Balaban J connectivity index is 1.73. The van der Waals surface area contributed by atoms with E-state index in [2.05, 4.69) is 73.0 Å². The van der Waals surface area contributed by atoms with Crippen LogP contribution in [-0.4, -0.2) is 5.11 Å². The first kappa shape index (κ1) is 17.0. The second-order valence-electron chi connectivity index (χ2n) is 6.78. The Morgan fingerprint density at radius 1 is 1.00 bits per heavy atom. The molecule has 1 aliphatic carbocycles. The van der Waals surface area contributed by atoms with E-state index in [0.717, 1.165) is 24.9 Å². The number of anilines is 1. The van der Waals surface area contributed by atoms with E-state index in [9.17, 15) is 0 Å². The van der Waals surface area contributed by atoms with E-state index in [1.165, 1.54) is 29.5 Å². The van der Waals surface area contributed by atoms with E-state index < -0.39 is 0 Å². The Morgan fingerprint density at radius 2 is 1.62 bits per heavy atom. The Morgan fingerprint density at radius 3 is 2.21 bits per heavy atom. The minimum absolute atomic E-state index is 0.0266. The summed E-state index contributed by atoms with van der Waals surface area (Å²) in [5.74, 6) is 0. The Kier molecular flexibility index (Phi) is 5.20. The standard InChI is InChI=1S/C21H26N2S/c1-3-17-8-12-19(13-9-17)22-20(24)23-21(14-4-5-15-21)18-10-6-16(2)7-11-18/h6-13H,3-5,14-15H2,1-2H3,(H2,22,23,24). The van der Waals surface area contributed by atoms with Gasteiger partial charge in [-0.15, -0.1) is 0 Å². The van der Waals surface area contributed by atoms with Gasteiger partial charge < -0.3 is 10.6 Å². The van der Waals surface area contributed by atoms with Gasteiger partial charge in [-0.3, -0.25) is 0 Å². The molecule has 3 heteroatoms. The van der Waals surface area contributed by atoms with Gasteiger partial charge in [0.2, 0.25) is 0 Å². The van der Waals surface area contributed by atoms with Gasteiger partial charge in [0.1, 0.15) is 0 Å². The fraction of sp³-hybridized carbons (Fsp3) is 0.381. The maximum atomic E-state index is 5.61. The highest BCUT2D eigenvalue weighted by Gasteiger charge is 2.36. The van der Waals surface area contributed by atoms with Gasteiger partial charge in [-0.25, -0.2) is 0 Å². The smallest absolute Gasteiger partial charge is 0.171 e. The van der Waals surface area contributed by atoms with Crippen LogP contribution >= 0.6 is 12.2 Å².